The smallest absolute Gasteiger partial charge is 0.306 e. The van der Waals surface area contributed by atoms with Crippen LogP contribution in [0.5, 0.6) is 0 Å². The van der Waals surface area contributed by atoms with Crippen molar-refractivity contribution in [2.75, 3.05) is 7.11 Å². The lowest BCUT2D eigenvalue weighted by atomic mass is 9.58. The molecular weight excluding hydrogens is 219 g/mol. The molecule has 0 aromatic heterocycles. The van der Waals surface area contributed by atoms with Crippen LogP contribution in [0.2, 0.25) is 0 Å². The molecule has 98 valence electrons. The summed E-state index contributed by atoms with van der Waals surface area (Å²) >= 11 is 0. The second-order valence-electron chi connectivity index (χ2n) is 6.29. The van der Waals surface area contributed by atoms with E-state index < -0.39 is 5.41 Å². The number of hydrogen-bond donors (Lipinski definition) is 0. The van der Waals surface area contributed by atoms with Crippen LogP contribution in [-0.2, 0) is 9.53 Å². The monoisotopic (exact) mass is 242 g/mol. The Morgan fingerprint density at radius 1 is 1.47 bits per heavy atom. The molecule has 0 radical (unpaired) electrons. The molecule has 0 bridgehead atoms. The Labute approximate surface area is 103 Å². The van der Waals surface area contributed by atoms with E-state index in [-0.39, 0.29) is 23.6 Å². The molecular formula is C14H23FO2. The summed E-state index contributed by atoms with van der Waals surface area (Å²) in [5, 5.41) is 0. The summed E-state index contributed by atoms with van der Waals surface area (Å²) in [5.41, 5.74) is -0.686. The van der Waals surface area contributed by atoms with Gasteiger partial charge in [0.25, 0.3) is 0 Å². The van der Waals surface area contributed by atoms with Gasteiger partial charge in [0.1, 0.15) is 0 Å². The lowest BCUT2D eigenvalue weighted by Crippen LogP contribution is -2.39. The molecule has 0 aromatic carbocycles. The molecule has 0 N–H and O–H groups in total. The highest BCUT2D eigenvalue weighted by atomic mass is 19.1. The van der Waals surface area contributed by atoms with E-state index in [0.29, 0.717) is 18.8 Å². The van der Waals surface area contributed by atoms with E-state index in [2.05, 4.69) is 32.1 Å². The number of methoxy groups -OCH3 is 1. The molecule has 2 unspecified atom stereocenters. The van der Waals surface area contributed by atoms with E-state index in [0.717, 1.165) is 6.42 Å². The van der Waals surface area contributed by atoms with E-state index in [9.17, 15) is 9.18 Å². The van der Waals surface area contributed by atoms with Crippen LogP contribution >= 0.6 is 0 Å². The first-order valence-corrected chi connectivity index (χ1v) is 6.12. The van der Waals surface area contributed by atoms with E-state index in [4.69, 9.17) is 0 Å². The summed E-state index contributed by atoms with van der Waals surface area (Å²) in [5.74, 6) is -0.327. The maximum absolute atomic E-state index is 13.9. The van der Waals surface area contributed by atoms with Crippen molar-refractivity contribution >= 4 is 5.97 Å². The average Bonchev–Trinajstić information content (AvgIpc) is 2.13. The second-order valence-corrected chi connectivity index (χ2v) is 6.29. The molecule has 1 saturated carbocycles. The zero-order chi connectivity index (χ0) is 13.3. The zero-order valence-electron chi connectivity index (χ0n) is 11.3. The first-order valence-electron chi connectivity index (χ1n) is 6.12. The highest BCUT2D eigenvalue weighted by Crippen LogP contribution is 2.54. The van der Waals surface area contributed by atoms with Crippen LogP contribution in [0.15, 0.2) is 12.4 Å². The van der Waals surface area contributed by atoms with Gasteiger partial charge in [-0.25, -0.2) is 4.39 Å². The maximum atomic E-state index is 13.9. The Bertz CT molecular complexity index is 322. The molecule has 0 amide bonds. The third kappa shape index (κ3) is 3.30. The first-order chi connectivity index (χ1) is 7.71. The number of hydrogen-bond acceptors (Lipinski definition) is 2. The Kier molecular flexibility index (Phi) is 4.00. The highest BCUT2D eigenvalue weighted by molar-refractivity contribution is 5.70. The van der Waals surface area contributed by atoms with Crippen LogP contribution in [0, 0.1) is 16.7 Å². The fraction of sp³-hybridized carbons (Fsp3) is 0.786. The summed E-state index contributed by atoms with van der Waals surface area (Å²) in [6, 6.07) is 0. The minimum Gasteiger partial charge on any atom is -0.469 e. The fourth-order valence-electron chi connectivity index (χ4n) is 3.53. The zero-order valence-corrected chi connectivity index (χ0v) is 11.3. The normalized spacial score (nSPS) is 31.9. The number of allylic oxidation sites excluding steroid dienone is 1. The predicted octanol–water partition coefficient (Wildman–Crippen LogP) is 3.87. The lowest BCUT2D eigenvalue weighted by molar-refractivity contribution is -0.144. The number of carbonyl (C=O) groups excluding carboxylic acids is 1. The third-order valence-corrected chi connectivity index (χ3v) is 3.74. The van der Waals surface area contributed by atoms with Gasteiger partial charge in [-0.3, -0.25) is 4.79 Å². The topological polar surface area (TPSA) is 26.3 Å². The van der Waals surface area contributed by atoms with Gasteiger partial charge in [0, 0.05) is 5.41 Å². The Hall–Kier alpha value is -0.860. The van der Waals surface area contributed by atoms with Crippen molar-refractivity contribution in [3.8, 4) is 0 Å². The van der Waals surface area contributed by atoms with Crippen LogP contribution in [0.4, 0.5) is 4.39 Å². The minimum atomic E-state index is -0.728. The van der Waals surface area contributed by atoms with Gasteiger partial charge in [-0.15, -0.1) is 0 Å². The molecule has 0 aromatic rings. The lowest BCUT2D eigenvalue weighted by Gasteiger charge is -2.46. The van der Waals surface area contributed by atoms with Gasteiger partial charge >= 0.3 is 5.97 Å². The van der Waals surface area contributed by atoms with Gasteiger partial charge in [0.05, 0.1) is 19.4 Å². The Morgan fingerprint density at radius 3 is 2.47 bits per heavy atom. The van der Waals surface area contributed by atoms with Crippen LogP contribution in [0.3, 0.4) is 0 Å². The molecule has 0 spiro atoms. The standard InChI is InChI=1S/C14H23FO2/c1-10-6-13(3,4)9-14(7-10,11(2)15)8-12(16)17-5/h10H,2,6-9H2,1,3-5H3. The van der Waals surface area contributed by atoms with Gasteiger partial charge in [0.2, 0.25) is 0 Å². The predicted molar refractivity (Wildman–Crippen MR) is 66.1 cm³/mol. The Balaban J connectivity index is 2.98. The number of esters is 1. The molecule has 0 aliphatic heterocycles. The number of halogens is 1. The molecule has 3 heteroatoms. The van der Waals surface area contributed by atoms with Crippen LogP contribution < -0.4 is 0 Å². The number of rotatable bonds is 3. The Morgan fingerprint density at radius 2 is 2.06 bits per heavy atom. The maximum Gasteiger partial charge on any atom is 0.306 e. The summed E-state index contributed by atoms with van der Waals surface area (Å²) in [6.45, 7) is 9.82. The van der Waals surface area contributed by atoms with Crippen LogP contribution in [-0.4, -0.2) is 13.1 Å². The summed E-state index contributed by atoms with van der Waals surface area (Å²) < 4.78 is 18.5. The van der Waals surface area contributed by atoms with Gasteiger partial charge in [0.15, 0.2) is 0 Å². The molecule has 0 heterocycles. The molecule has 17 heavy (non-hydrogen) atoms. The van der Waals surface area contributed by atoms with Crippen molar-refractivity contribution in [2.24, 2.45) is 16.7 Å². The van der Waals surface area contributed by atoms with Crippen LogP contribution in [0.25, 0.3) is 0 Å². The second kappa shape index (κ2) is 4.79. The van der Waals surface area contributed by atoms with Crippen molar-refractivity contribution in [2.45, 2.75) is 46.5 Å². The third-order valence-electron chi connectivity index (χ3n) is 3.74. The molecule has 2 atom stereocenters. The number of ether oxygens (including phenoxy) is 1. The number of carbonyl (C=O) groups is 1. The van der Waals surface area contributed by atoms with Crippen molar-refractivity contribution in [3.63, 3.8) is 0 Å². The van der Waals surface area contributed by atoms with Gasteiger partial charge in [-0.1, -0.05) is 27.4 Å². The van der Waals surface area contributed by atoms with Crippen molar-refractivity contribution < 1.29 is 13.9 Å². The first kappa shape index (κ1) is 14.2. The van der Waals surface area contributed by atoms with Crippen molar-refractivity contribution in [1.29, 1.82) is 0 Å². The van der Waals surface area contributed by atoms with Crippen molar-refractivity contribution in [1.82, 2.24) is 0 Å². The SMILES string of the molecule is C=C(F)C1(CC(=O)OC)CC(C)CC(C)(C)C1. The summed E-state index contributed by atoms with van der Waals surface area (Å²) in [6.07, 6.45) is 2.51. The molecule has 2 nitrogen and oxygen atoms in total. The van der Waals surface area contributed by atoms with E-state index >= 15 is 0 Å². The average molecular weight is 242 g/mol. The quantitative estimate of drug-likeness (QED) is 0.702. The fourth-order valence-corrected chi connectivity index (χ4v) is 3.53. The van der Waals surface area contributed by atoms with E-state index in [1.54, 1.807) is 0 Å². The van der Waals surface area contributed by atoms with E-state index in [1.807, 2.05) is 0 Å². The summed E-state index contributed by atoms with van der Waals surface area (Å²) in [7, 11) is 1.34. The van der Waals surface area contributed by atoms with Gasteiger partial charge in [-0.2, -0.15) is 0 Å². The van der Waals surface area contributed by atoms with Crippen LogP contribution in [0.1, 0.15) is 46.5 Å². The highest BCUT2D eigenvalue weighted by Gasteiger charge is 2.46. The van der Waals surface area contributed by atoms with E-state index in [1.165, 1.54) is 7.11 Å². The molecule has 1 rings (SSSR count). The molecule has 0 saturated heterocycles. The molecule has 1 fully saturated rings. The van der Waals surface area contributed by atoms with Gasteiger partial charge in [-0.05, 0) is 30.6 Å². The largest absolute Gasteiger partial charge is 0.469 e. The molecule has 1 aliphatic carbocycles. The molecule has 1 aliphatic rings. The van der Waals surface area contributed by atoms with Gasteiger partial charge < -0.3 is 4.74 Å². The van der Waals surface area contributed by atoms with Crippen molar-refractivity contribution in [3.05, 3.63) is 12.4 Å². The minimum absolute atomic E-state index is 0.0424. The summed E-state index contributed by atoms with van der Waals surface area (Å²) in [4.78, 5) is 11.5.